The number of benzene rings is 1. The lowest BCUT2D eigenvalue weighted by atomic mass is 10.2. The maximum atomic E-state index is 13.4. The van der Waals surface area contributed by atoms with Crippen molar-refractivity contribution in [2.45, 2.75) is 6.61 Å². The summed E-state index contributed by atoms with van der Waals surface area (Å²) in [5.74, 6) is 0.697. The van der Waals surface area contributed by atoms with Gasteiger partial charge in [-0.25, -0.2) is 14.4 Å². The molecule has 0 aliphatic carbocycles. The van der Waals surface area contributed by atoms with E-state index in [0.717, 1.165) is 0 Å². The molecule has 0 aliphatic rings. The zero-order chi connectivity index (χ0) is 13.0. The molecule has 1 aromatic heterocycles. The second-order valence-electron chi connectivity index (χ2n) is 3.47. The number of aromatic nitrogens is 2. The lowest BCUT2D eigenvalue weighted by Gasteiger charge is -2.09. The quantitative estimate of drug-likeness (QED) is 0.943. The molecule has 1 aromatic carbocycles. The molecule has 0 unspecified atom stereocenters. The van der Waals surface area contributed by atoms with Crippen LogP contribution in [0.2, 0.25) is 0 Å². The summed E-state index contributed by atoms with van der Waals surface area (Å²) >= 11 is 3.33. The van der Waals surface area contributed by atoms with Gasteiger partial charge < -0.3 is 10.1 Å². The van der Waals surface area contributed by atoms with E-state index in [1.165, 1.54) is 12.4 Å². The number of ether oxygens (including phenoxy) is 1. The predicted molar refractivity (Wildman–Crippen MR) is 70.0 cm³/mol. The third kappa shape index (κ3) is 2.76. The average molecular weight is 312 g/mol. The van der Waals surface area contributed by atoms with Crippen LogP contribution in [0.5, 0.6) is 5.88 Å². The standard InChI is InChI=1S/C12H11BrFN3O/c1-15-11-10(13)12(17-7-16-11)18-6-8-4-2-3-5-9(8)14/h2-5,7H,6H2,1H3,(H,15,16,17). The smallest absolute Gasteiger partial charge is 0.233 e. The van der Waals surface area contributed by atoms with Crippen molar-refractivity contribution < 1.29 is 9.13 Å². The minimum absolute atomic E-state index is 0.117. The van der Waals surface area contributed by atoms with Crippen LogP contribution in [0, 0.1) is 5.82 Å². The molecule has 0 bridgehead atoms. The van der Waals surface area contributed by atoms with Crippen LogP contribution in [-0.4, -0.2) is 17.0 Å². The van der Waals surface area contributed by atoms with Gasteiger partial charge >= 0.3 is 0 Å². The molecule has 0 saturated heterocycles. The van der Waals surface area contributed by atoms with E-state index in [4.69, 9.17) is 4.74 Å². The van der Waals surface area contributed by atoms with Crippen molar-refractivity contribution >= 4 is 21.7 Å². The summed E-state index contributed by atoms with van der Waals surface area (Å²) in [5.41, 5.74) is 0.481. The molecule has 2 rings (SSSR count). The number of rotatable bonds is 4. The summed E-state index contributed by atoms with van der Waals surface area (Å²) in [6.45, 7) is 0.117. The Morgan fingerprint density at radius 1 is 1.33 bits per heavy atom. The zero-order valence-corrected chi connectivity index (χ0v) is 11.2. The van der Waals surface area contributed by atoms with E-state index in [-0.39, 0.29) is 12.4 Å². The van der Waals surface area contributed by atoms with E-state index >= 15 is 0 Å². The van der Waals surface area contributed by atoms with Crippen LogP contribution in [0.3, 0.4) is 0 Å². The maximum Gasteiger partial charge on any atom is 0.233 e. The number of nitrogens with zero attached hydrogens (tertiary/aromatic N) is 2. The Balaban J connectivity index is 2.14. The van der Waals surface area contributed by atoms with E-state index in [2.05, 4.69) is 31.2 Å². The molecule has 0 radical (unpaired) electrons. The Morgan fingerprint density at radius 3 is 2.83 bits per heavy atom. The van der Waals surface area contributed by atoms with E-state index in [0.29, 0.717) is 21.7 Å². The molecule has 0 amide bonds. The van der Waals surface area contributed by atoms with Crippen molar-refractivity contribution in [2.24, 2.45) is 0 Å². The highest BCUT2D eigenvalue weighted by molar-refractivity contribution is 9.10. The van der Waals surface area contributed by atoms with Gasteiger partial charge in [-0.3, -0.25) is 0 Å². The van der Waals surface area contributed by atoms with E-state index in [1.807, 2.05) is 0 Å². The van der Waals surface area contributed by atoms with Crippen molar-refractivity contribution in [2.75, 3.05) is 12.4 Å². The fourth-order valence-electron chi connectivity index (χ4n) is 1.39. The van der Waals surface area contributed by atoms with Gasteiger partial charge in [0.25, 0.3) is 0 Å². The van der Waals surface area contributed by atoms with Gasteiger partial charge in [-0.15, -0.1) is 0 Å². The van der Waals surface area contributed by atoms with Gasteiger partial charge in [0, 0.05) is 12.6 Å². The van der Waals surface area contributed by atoms with Crippen LogP contribution < -0.4 is 10.1 Å². The summed E-state index contributed by atoms with van der Waals surface area (Å²) in [4.78, 5) is 8.00. The summed E-state index contributed by atoms with van der Waals surface area (Å²) < 4.78 is 19.5. The van der Waals surface area contributed by atoms with Crippen molar-refractivity contribution in [3.05, 3.63) is 46.4 Å². The van der Waals surface area contributed by atoms with Crippen LogP contribution in [0.15, 0.2) is 35.1 Å². The fraction of sp³-hybridized carbons (Fsp3) is 0.167. The van der Waals surface area contributed by atoms with Crippen LogP contribution in [0.1, 0.15) is 5.56 Å². The molecule has 1 heterocycles. The lowest BCUT2D eigenvalue weighted by molar-refractivity contribution is 0.285. The molecule has 18 heavy (non-hydrogen) atoms. The highest BCUT2D eigenvalue weighted by Gasteiger charge is 2.09. The Morgan fingerprint density at radius 2 is 2.11 bits per heavy atom. The molecular formula is C12H11BrFN3O. The number of halogens is 2. The van der Waals surface area contributed by atoms with Crippen LogP contribution in [-0.2, 0) is 6.61 Å². The molecule has 0 spiro atoms. The Bertz CT molecular complexity index is 551. The highest BCUT2D eigenvalue weighted by Crippen LogP contribution is 2.28. The molecule has 6 heteroatoms. The number of hydrogen-bond donors (Lipinski definition) is 1. The molecule has 2 aromatic rings. The molecule has 94 valence electrons. The molecule has 1 N–H and O–H groups in total. The first-order valence-electron chi connectivity index (χ1n) is 5.27. The number of hydrogen-bond acceptors (Lipinski definition) is 4. The lowest BCUT2D eigenvalue weighted by Crippen LogP contribution is -2.02. The molecule has 0 atom stereocenters. The summed E-state index contributed by atoms with van der Waals surface area (Å²) in [6, 6.07) is 6.46. The first-order chi connectivity index (χ1) is 8.72. The summed E-state index contributed by atoms with van der Waals surface area (Å²) in [5, 5.41) is 2.89. The summed E-state index contributed by atoms with van der Waals surface area (Å²) in [6.07, 6.45) is 1.38. The number of anilines is 1. The topological polar surface area (TPSA) is 47.0 Å². The van der Waals surface area contributed by atoms with Crippen LogP contribution in [0.25, 0.3) is 0 Å². The third-order valence-corrected chi connectivity index (χ3v) is 3.03. The Kier molecular flexibility index (Phi) is 4.09. The van der Waals surface area contributed by atoms with Gasteiger partial charge in [0.15, 0.2) is 0 Å². The molecular weight excluding hydrogens is 301 g/mol. The Hall–Kier alpha value is -1.69. The monoisotopic (exact) mass is 311 g/mol. The number of nitrogens with one attached hydrogen (secondary N) is 1. The van der Waals surface area contributed by atoms with Gasteiger partial charge in [-0.05, 0) is 22.0 Å². The predicted octanol–water partition coefficient (Wildman–Crippen LogP) is 3.00. The van der Waals surface area contributed by atoms with Crippen molar-refractivity contribution in [3.8, 4) is 5.88 Å². The molecule has 0 fully saturated rings. The van der Waals surface area contributed by atoms with E-state index < -0.39 is 0 Å². The summed E-state index contributed by atoms with van der Waals surface area (Å²) in [7, 11) is 1.74. The van der Waals surface area contributed by atoms with Gasteiger partial charge in [0.1, 0.15) is 29.0 Å². The van der Waals surface area contributed by atoms with Gasteiger partial charge in [0.2, 0.25) is 5.88 Å². The molecule has 0 aliphatic heterocycles. The minimum atomic E-state index is -0.295. The first kappa shape index (κ1) is 12.8. The molecule has 4 nitrogen and oxygen atoms in total. The van der Waals surface area contributed by atoms with E-state index in [9.17, 15) is 4.39 Å². The van der Waals surface area contributed by atoms with Crippen LogP contribution >= 0.6 is 15.9 Å². The fourth-order valence-corrected chi connectivity index (χ4v) is 1.91. The SMILES string of the molecule is CNc1ncnc(OCc2ccccc2F)c1Br. The maximum absolute atomic E-state index is 13.4. The molecule has 0 saturated carbocycles. The van der Waals surface area contributed by atoms with Crippen molar-refractivity contribution in [1.82, 2.24) is 9.97 Å². The van der Waals surface area contributed by atoms with Gasteiger partial charge in [0.05, 0.1) is 0 Å². The van der Waals surface area contributed by atoms with Gasteiger partial charge in [-0.1, -0.05) is 18.2 Å². The average Bonchev–Trinajstić information content (AvgIpc) is 2.39. The minimum Gasteiger partial charge on any atom is -0.472 e. The zero-order valence-electron chi connectivity index (χ0n) is 9.65. The first-order valence-corrected chi connectivity index (χ1v) is 6.06. The second kappa shape index (κ2) is 5.77. The van der Waals surface area contributed by atoms with Crippen molar-refractivity contribution in [3.63, 3.8) is 0 Å². The van der Waals surface area contributed by atoms with Gasteiger partial charge in [-0.2, -0.15) is 0 Å². The Labute approximate surface area is 112 Å². The second-order valence-corrected chi connectivity index (χ2v) is 4.26. The normalized spacial score (nSPS) is 10.2. The highest BCUT2D eigenvalue weighted by atomic mass is 79.9. The van der Waals surface area contributed by atoms with Crippen molar-refractivity contribution in [1.29, 1.82) is 0 Å². The largest absolute Gasteiger partial charge is 0.472 e. The van der Waals surface area contributed by atoms with Crippen LogP contribution in [0.4, 0.5) is 10.2 Å². The van der Waals surface area contributed by atoms with E-state index in [1.54, 1.807) is 25.2 Å². The third-order valence-electron chi connectivity index (χ3n) is 2.32.